The third-order valence-corrected chi connectivity index (χ3v) is 3.30. The molecule has 7 heteroatoms. The van der Waals surface area contributed by atoms with Crippen LogP contribution in [-0.2, 0) is 11.3 Å². The van der Waals surface area contributed by atoms with Crippen LogP contribution in [-0.4, -0.2) is 64.2 Å². The number of nitrogen functional groups attached to an aromatic ring is 1. The zero-order valence-electron chi connectivity index (χ0n) is 10.9. The number of nitrogens with two attached hydrogens (primary N) is 1. The molecule has 18 heavy (non-hydrogen) atoms. The highest BCUT2D eigenvalue weighted by Crippen LogP contribution is 2.15. The van der Waals surface area contributed by atoms with E-state index in [1.165, 1.54) is 11.0 Å². The maximum atomic E-state index is 12.0. The molecule has 2 rings (SSSR count). The lowest BCUT2D eigenvalue weighted by Gasteiger charge is -2.21. The van der Waals surface area contributed by atoms with Gasteiger partial charge in [-0.15, -0.1) is 5.10 Å². The molecule has 1 aromatic heterocycles. The van der Waals surface area contributed by atoms with E-state index in [1.54, 1.807) is 4.90 Å². The van der Waals surface area contributed by atoms with E-state index < -0.39 is 0 Å². The molecule has 0 saturated carbocycles. The summed E-state index contributed by atoms with van der Waals surface area (Å²) in [6.07, 6.45) is 2.63. The number of carbonyl (C=O) groups excluding carboxylic acids is 1. The molecule has 1 saturated heterocycles. The van der Waals surface area contributed by atoms with Crippen LogP contribution in [0.4, 0.5) is 5.95 Å². The summed E-state index contributed by atoms with van der Waals surface area (Å²) in [5.41, 5.74) is 5.40. The summed E-state index contributed by atoms with van der Waals surface area (Å²) in [6.45, 7) is 3.18. The molecular weight excluding hydrogens is 232 g/mol. The highest BCUT2D eigenvalue weighted by atomic mass is 16.2. The first-order valence-electron chi connectivity index (χ1n) is 6.12. The van der Waals surface area contributed by atoms with Crippen LogP contribution in [0.3, 0.4) is 0 Å². The first kappa shape index (κ1) is 12.8. The molecule has 1 aliphatic heterocycles. The van der Waals surface area contributed by atoms with Crippen LogP contribution in [0.5, 0.6) is 0 Å². The van der Waals surface area contributed by atoms with E-state index in [2.05, 4.69) is 22.0 Å². The molecule has 0 aromatic carbocycles. The van der Waals surface area contributed by atoms with Gasteiger partial charge in [0.2, 0.25) is 11.9 Å². The Morgan fingerprint density at radius 3 is 3.00 bits per heavy atom. The van der Waals surface area contributed by atoms with Crippen LogP contribution in [0.1, 0.15) is 6.42 Å². The second-order valence-electron chi connectivity index (χ2n) is 4.99. The van der Waals surface area contributed by atoms with Crippen molar-refractivity contribution in [3.8, 4) is 0 Å². The van der Waals surface area contributed by atoms with Crippen LogP contribution < -0.4 is 5.73 Å². The Bertz CT molecular complexity index is 417. The number of aromatic nitrogens is 3. The zero-order valence-corrected chi connectivity index (χ0v) is 10.9. The minimum Gasteiger partial charge on any atom is -0.367 e. The van der Waals surface area contributed by atoms with Gasteiger partial charge in [0.15, 0.2) is 0 Å². The second kappa shape index (κ2) is 5.34. The predicted molar refractivity (Wildman–Crippen MR) is 67.7 cm³/mol. The molecule has 1 fully saturated rings. The second-order valence-corrected chi connectivity index (χ2v) is 4.99. The summed E-state index contributed by atoms with van der Waals surface area (Å²) in [4.78, 5) is 19.8. The van der Waals surface area contributed by atoms with Gasteiger partial charge in [-0.25, -0.2) is 9.67 Å². The highest BCUT2D eigenvalue weighted by Gasteiger charge is 2.22. The molecule has 1 atom stereocenters. The van der Waals surface area contributed by atoms with Gasteiger partial charge in [-0.05, 0) is 25.9 Å². The molecule has 7 nitrogen and oxygen atoms in total. The van der Waals surface area contributed by atoms with Crippen molar-refractivity contribution < 1.29 is 4.79 Å². The first-order chi connectivity index (χ1) is 8.54. The maximum absolute atomic E-state index is 12.0. The third-order valence-electron chi connectivity index (χ3n) is 3.30. The lowest BCUT2D eigenvalue weighted by molar-refractivity contribution is -0.131. The molecule has 1 unspecified atom stereocenters. The fourth-order valence-corrected chi connectivity index (χ4v) is 2.31. The summed E-state index contributed by atoms with van der Waals surface area (Å²) in [6, 6.07) is 0. The fourth-order valence-electron chi connectivity index (χ4n) is 2.31. The van der Waals surface area contributed by atoms with Gasteiger partial charge in [0.1, 0.15) is 12.9 Å². The molecule has 1 aromatic rings. The van der Waals surface area contributed by atoms with Crippen molar-refractivity contribution in [3.63, 3.8) is 0 Å². The molecule has 2 heterocycles. The van der Waals surface area contributed by atoms with Crippen molar-refractivity contribution in [1.29, 1.82) is 0 Å². The van der Waals surface area contributed by atoms with Gasteiger partial charge < -0.3 is 15.5 Å². The van der Waals surface area contributed by atoms with Gasteiger partial charge in [0.05, 0.1) is 0 Å². The Balaban J connectivity index is 1.81. The van der Waals surface area contributed by atoms with E-state index >= 15 is 0 Å². The standard InChI is InChI=1S/C11H20N6O/c1-15-4-3-9(5-15)6-16(2)10(18)7-17-8-13-11(12)14-17/h8-9H,3-7H2,1-2H3,(H2,12,14). The van der Waals surface area contributed by atoms with Crippen molar-refractivity contribution in [2.75, 3.05) is 39.5 Å². The zero-order chi connectivity index (χ0) is 13.1. The predicted octanol–water partition coefficient (Wildman–Crippen LogP) is -0.730. The normalized spacial score (nSPS) is 20.2. The Hall–Kier alpha value is -1.63. The number of anilines is 1. The first-order valence-corrected chi connectivity index (χ1v) is 6.12. The van der Waals surface area contributed by atoms with Gasteiger partial charge in [-0.2, -0.15) is 0 Å². The van der Waals surface area contributed by atoms with E-state index in [0.29, 0.717) is 5.92 Å². The Kier molecular flexibility index (Phi) is 3.81. The van der Waals surface area contributed by atoms with E-state index in [-0.39, 0.29) is 18.4 Å². The minimum absolute atomic E-state index is 0.0365. The van der Waals surface area contributed by atoms with Gasteiger partial charge >= 0.3 is 0 Å². The lowest BCUT2D eigenvalue weighted by Crippen LogP contribution is -2.35. The van der Waals surface area contributed by atoms with E-state index in [1.807, 2.05) is 7.05 Å². The van der Waals surface area contributed by atoms with Crippen molar-refractivity contribution in [3.05, 3.63) is 6.33 Å². The molecule has 100 valence electrons. The van der Waals surface area contributed by atoms with Crippen LogP contribution in [0.15, 0.2) is 6.33 Å². The summed E-state index contributed by atoms with van der Waals surface area (Å²) in [5.74, 6) is 0.807. The number of carbonyl (C=O) groups is 1. The Morgan fingerprint density at radius 1 is 1.67 bits per heavy atom. The SMILES string of the molecule is CN1CCC(CN(C)C(=O)Cn2cnc(N)n2)C1. The molecule has 0 bridgehead atoms. The Morgan fingerprint density at radius 2 is 2.44 bits per heavy atom. The molecule has 2 N–H and O–H groups in total. The molecule has 1 amide bonds. The third kappa shape index (κ3) is 3.19. The number of hydrogen-bond donors (Lipinski definition) is 1. The van der Waals surface area contributed by atoms with Gasteiger partial charge in [0, 0.05) is 20.1 Å². The molecular formula is C11H20N6O. The van der Waals surface area contributed by atoms with Gasteiger partial charge in [0.25, 0.3) is 0 Å². The number of likely N-dealkylation sites (N-methyl/N-ethyl adjacent to an activating group) is 1. The number of hydrogen-bond acceptors (Lipinski definition) is 5. The Labute approximate surface area is 107 Å². The lowest BCUT2D eigenvalue weighted by atomic mass is 10.1. The average Bonchev–Trinajstić information content (AvgIpc) is 2.88. The minimum atomic E-state index is 0.0365. The van der Waals surface area contributed by atoms with Crippen LogP contribution >= 0.6 is 0 Å². The monoisotopic (exact) mass is 252 g/mol. The molecule has 1 aliphatic rings. The quantitative estimate of drug-likeness (QED) is 0.764. The summed E-state index contributed by atoms with van der Waals surface area (Å²) >= 11 is 0. The average molecular weight is 252 g/mol. The van der Waals surface area contributed by atoms with Crippen LogP contribution in [0.25, 0.3) is 0 Å². The molecule has 0 aliphatic carbocycles. The van der Waals surface area contributed by atoms with Gasteiger partial charge in [-0.1, -0.05) is 0 Å². The summed E-state index contributed by atoms with van der Waals surface area (Å²) in [7, 11) is 3.95. The van der Waals surface area contributed by atoms with E-state index in [9.17, 15) is 4.79 Å². The largest absolute Gasteiger partial charge is 0.367 e. The van der Waals surface area contributed by atoms with Gasteiger partial charge in [-0.3, -0.25) is 4.79 Å². The summed E-state index contributed by atoms with van der Waals surface area (Å²) in [5, 5.41) is 3.90. The number of likely N-dealkylation sites (tertiary alicyclic amines) is 1. The van der Waals surface area contributed by atoms with Crippen molar-refractivity contribution in [1.82, 2.24) is 24.6 Å². The van der Waals surface area contributed by atoms with E-state index in [4.69, 9.17) is 5.73 Å². The van der Waals surface area contributed by atoms with Crippen LogP contribution in [0, 0.1) is 5.92 Å². The van der Waals surface area contributed by atoms with E-state index in [0.717, 1.165) is 26.1 Å². The molecule has 0 spiro atoms. The topological polar surface area (TPSA) is 80.3 Å². The number of amides is 1. The number of rotatable bonds is 4. The summed E-state index contributed by atoms with van der Waals surface area (Å²) < 4.78 is 1.47. The van der Waals surface area contributed by atoms with Crippen molar-refractivity contribution in [2.45, 2.75) is 13.0 Å². The van der Waals surface area contributed by atoms with Crippen molar-refractivity contribution >= 4 is 11.9 Å². The van der Waals surface area contributed by atoms with Crippen molar-refractivity contribution in [2.24, 2.45) is 5.92 Å². The maximum Gasteiger partial charge on any atom is 0.244 e. The van der Waals surface area contributed by atoms with Crippen LogP contribution in [0.2, 0.25) is 0 Å². The highest BCUT2D eigenvalue weighted by molar-refractivity contribution is 5.75. The number of nitrogens with zero attached hydrogens (tertiary/aromatic N) is 5. The smallest absolute Gasteiger partial charge is 0.244 e. The molecule has 0 radical (unpaired) electrons. The fraction of sp³-hybridized carbons (Fsp3) is 0.727.